The maximum absolute atomic E-state index is 5.86. The molecule has 0 aliphatic heterocycles. The first kappa shape index (κ1) is 15.5. The molecular formula is C18H23NO2. The van der Waals surface area contributed by atoms with Gasteiger partial charge < -0.3 is 14.8 Å². The van der Waals surface area contributed by atoms with Gasteiger partial charge in [-0.1, -0.05) is 49.4 Å². The number of methoxy groups -OCH3 is 1. The van der Waals surface area contributed by atoms with Crippen LogP contribution in [0.25, 0.3) is 0 Å². The van der Waals surface area contributed by atoms with Gasteiger partial charge in [0.1, 0.15) is 5.75 Å². The third-order valence-corrected chi connectivity index (χ3v) is 3.34. The second-order valence-electron chi connectivity index (χ2n) is 4.89. The predicted molar refractivity (Wildman–Crippen MR) is 85.5 cm³/mol. The summed E-state index contributed by atoms with van der Waals surface area (Å²) in [7, 11) is 1.69. The molecular weight excluding hydrogens is 262 g/mol. The van der Waals surface area contributed by atoms with E-state index in [-0.39, 0.29) is 6.04 Å². The van der Waals surface area contributed by atoms with Gasteiger partial charge in [0.25, 0.3) is 0 Å². The number of nitrogens with one attached hydrogen (secondary N) is 1. The zero-order valence-electron chi connectivity index (χ0n) is 12.7. The van der Waals surface area contributed by atoms with E-state index in [1.807, 2.05) is 30.3 Å². The molecule has 0 saturated heterocycles. The first-order valence-corrected chi connectivity index (χ1v) is 7.32. The zero-order valence-corrected chi connectivity index (χ0v) is 12.7. The molecule has 2 aromatic carbocycles. The molecule has 0 bridgehead atoms. The molecule has 1 unspecified atom stereocenters. The summed E-state index contributed by atoms with van der Waals surface area (Å²) in [4.78, 5) is 0. The van der Waals surface area contributed by atoms with Gasteiger partial charge in [-0.3, -0.25) is 0 Å². The molecule has 3 nitrogen and oxygen atoms in total. The van der Waals surface area contributed by atoms with Gasteiger partial charge in [0.15, 0.2) is 0 Å². The Kier molecular flexibility index (Phi) is 6.25. The number of rotatable bonds is 8. The van der Waals surface area contributed by atoms with Crippen molar-refractivity contribution in [3.05, 3.63) is 65.7 Å². The Morgan fingerprint density at radius 1 is 1.05 bits per heavy atom. The summed E-state index contributed by atoms with van der Waals surface area (Å²) < 4.78 is 11.1. The summed E-state index contributed by atoms with van der Waals surface area (Å²) in [5, 5.41) is 3.46. The molecule has 0 fully saturated rings. The van der Waals surface area contributed by atoms with E-state index in [9.17, 15) is 0 Å². The van der Waals surface area contributed by atoms with Gasteiger partial charge in [0.05, 0.1) is 26.4 Å². The Morgan fingerprint density at radius 2 is 1.86 bits per heavy atom. The molecule has 0 heterocycles. The fourth-order valence-electron chi connectivity index (χ4n) is 2.25. The monoisotopic (exact) mass is 285 g/mol. The smallest absolute Gasteiger partial charge is 0.119 e. The molecule has 21 heavy (non-hydrogen) atoms. The van der Waals surface area contributed by atoms with Crippen LogP contribution in [0.2, 0.25) is 0 Å². The second kappa shape index (κ2) is 8.45. The fourth-order valence-corrected chi connectivity index (χ4v) is 2.25. The van der Waals surface area contributed by atoms with Gasteiger partial charge in [-0.2, -0.15) is 0 Å². The summed E-state index contributed by atoms with van der Waals surface area (Å²) in [6, 6.07) is 18.5. The average molecular weight is 285 g/mol. The van der Waals surface area contributed by atoms with Crippen molar-refractivity contribution < 1.29 is 9.47 Å². The van der Waals surface area contributed by atoms with Crippen LogP contribution in [0, 0.1) is 0 Å². The van der Waals surface area contributed by atoms with Crippen LogP contribution >= 0.6 is 0 Å². The third kappa shape index (κ3) is 4.88. The number of hydrogen-bond donors (Lipinski definition) is 1. The lowest BCUT2D eigenvalue weighted by Crippen LogP contribution is -2.25. The van der Waals surface area contributed by atoms with E-state index < -0.39 is 0 Å². The van der Waals surface area contributed by atoms with Gasteiger partial charge >= 0.3 is 0 Å². The first-order valence-electron chi connectivity index (χ1n) is 7.32. The summed E-state index contributed by atoms with van der Waals surface area (Å²) in [5.74, 6) is 0.874. The van der Waals surface area contributed by atoms with E-state index >= 15 is 0 Å². The lowest BCUT2D eigenvalue weighted by Gasteiger charge is -2.19. The minimum absolute atomic E-state index is 0.175. The van der Waals surface area contributed by atoms with Crippen molar-refractivity contribution in [3.8, 4) is 5.75 Å². The topological polar surface area (TPSA) is 30.5 Å². The van der Waals surface area contributed by atoms with Gasteiger partial charge in [-0.25, -0.2) is 0 Å². The Balaban J connectivity index is 1.95. The van der Waals surface area contributed by atoms with Crippen LogP contribution in [0.15, 0.2) is 54.6 Å². The third-order valence-electron chi connectivity index (χ3n) is 3.34. The highest BCUT2D eigenvalue weighted by Gasteiger charge is 2.11. The quantitative estimate of drug-likeness (QED) is 0.804. The highest BCUT2D eigenvalue weighted by atomic mass is 16.5. The van der Waals surface area contributed by atoms with E-state index in [2.05, 4.69) is 36.5 Å². The summed E-state index contributed by atoms with van der Waals surface area (Å²) >= 11 is 0. The molecule has 2 aromatic rings. The van der Waals surface area contributed by atoms with Crippen molar-refractivity contribution >= 4 is 0 Å². The fraction of sp³-hybridized carbons (Fsp3) is 0.333. The highest BCUT2D eigenvalue weighted by Crippen LogP contribution is 2.19. The summed E-state index contributed by atoms with van der Waals surface area (Å²) in [6.45, 7) is 4.27. The van der Waals surface area contributed by atoms with Crippen LogP contribution in [0.4, 0.5) is 0 Å². The van der Waals surface area contributed by atoms with Crippen molar-refractivity contribution in [2.75, 3.05) is 20.3 Å². The maximum Gasteiger partial charge on any atom is 0.119 e. The number of benzene rings is 2. The van der Waals surface area contributed by atoms with E-state index in [1.165, 1.54) is 11.1 Å². The van der Waals surface area contributed by atoms with Crippen molar-refractivity contribution in [1.82, 2.24) is 5.32 Å². The summed E-state index contributed by atoms with van der Waals surface area (Å²) in [5.41, 5.74) is 2.38. The Morgan fingerprint density at radius 3 is 2.57 bits per heavy atom. The molecule has 0 aliphatic carbocycles. The minimum atomic E-state index is 0.175. The zero-order chi connectivity index (χ0) is 14.9. The number of hydrogen-bond acceptors (Lipinski definition) is 3. The average Bonchev–Trinajstić information content (AvgIpc) is 2.55. The molecule has 1 N–H and O–H groups in total. The molecule has 1 atom stereocenters. The normalized spacial score (nSPS) is 12.1. The van der Waals surface area contributed by atoms with Crippen LogP contribution < -0.4 is 10.1 Å². The Labute approximate surface area is 126 Å². The first-order chi connectivity index (χ1) is 10.3. The SMILES string of the molecule is CCNC(COCc1ccccc1)c1cccc(OC)c1. The maximum atomic E-state index is 5.86. The predicted octanol–water partition coefficient (Wildman–Crippen LogP) is 3.56. The molecule has 0 aromatic heterocycles. The lowest BCUT2D eigenvalue weighted by atomic mass is 10.1. The Bertz CT molecular complexity index is 528. The molecule has 3 heteroatoms. The lowest BCUT2D eigenvalue weighted by molar-refractivity contribution is 0.0990. The van der Waals surface area contributed by atoms with Crippen LogP contribution in [0.3, 0.4) is 0 Å². The van der Waals surface area contributed by atoms with Crippen molar-refractivity contribution in [2.45, 2.75) is 19.6 Å². The van der Waals surface area contributed by atoms with Crippen molar-refractivity contribution in [2.24, 2.45) is 0 Å². The molecule has 0 saturated carbocycles. The second-order valence-corrected chi connectivity index (χ2v) is 4.89. The van der Waals surface area contributed by atoms with E-state index in [0.717, 1.165) is 12.3 Å². The highest BCUT2D eigenvalue weighted by molar-refractivity contribution is 5.30. The van der Waals surface area contributed by atoms with Crippen LogP contribution in [0.5, 0.6) is 5.75 Å². The van der Waals surface area contributed by atoms with Crippen LogP contribution in [0.1, 0.15) is 24.1 Å². The minimum Gasteiger partial charge on any atom is -0.497 e. The van der Waals surface area contributed by atoms with E-state index in [1.54, 1.807) is 7.11 Å². The largest absolute Gasteiger partial charge is 0.497 e. The van der Waals surface area contributed by atoms with Gasteiger partial charge in [0, 0.05) is 0 Å². The summed E-state index contributed by atoms with van der Waals surface area (Å²) in [6.07, 6.45) is 0. The van der Waals surface area contributed by atoms with Gasteiger partial charge in [0.2, 0.25) is 0 Å². The molecule has 2 rings (SSSR count). The Hall–Kier alpha value is -1.84. The molecule has 0 radical (unpaired) electrons. The molecule has 112 valence electrons. The van der Waals surface area contributed by atoms with Crippen molar-refractivity contribution in [1.29, 1.82) is 0 Å². The number of likely N-dealkylation sites (N-methyl/N-ethyl adjacent to an activating group) is 1. The molecule has 0 aliphatic rings. The molecule has 0 amide bonds. The standard InChI is InChI=1S/C18H23NO2/c1-3-19-18(16-10-7-11-17(12-16)20-2)14-21-13-15-8-5-4-6-9-15/h4-12,18-19H,3,13-14H2,1-2H3. The molecule has 0 spiro atoms. The van der Waals surface area contributed by atoms with E-state index in [0.29, 0.717) is 13.2 Å². The van der Waals surface area contributed by atoms with Crippen LogP contribution in [-0.4, -0.2) is 20.3 Å². The number of ether oxygens (including phenoxy) is 2. The van der Waals surface area contributed by atoms with Gasteiger partial charge in [-0.15, -0.1) is 0 Å². The van der Waals surface area contributed by atoms with Crippen LogP contribution in [-0.2, 0) is 11.3 Å². The van der Waals surface area contributed by atoms with Gasteiger partial charge in [-0.05, 0) is 29.8 Å². The van der Waals surface area contributed by atoms with E-state index in [4.69, 9.17) is 9.47 Å². The van der Waals surface area contributed by atoms with Crippen molar-refractivity contribution in [3.63, 3.8) is 0 Å².